The van der Waals surface area contributed by atoms with E-state index in [0.29, 0.717) is 22.4 Å². The Labute approximate surface area is 102 Å². The van der Waals surface area contributed by atoms with Crippen LogP contribution >= 0.6 is 0 Å². The molecule has 0 radical (unpaired) electrons. The molecule has 0 aliphatic heterocycles. The van der Waals surface area contributed by atoms with Gasteiger partial charge < -0.3 is 4.42 Å². The second kappa shape index (κ2) is 3.38. The minimum Gasteiger partial charge on any atom is -0.422 e. The van der Waals surface area contributed by atoms with Crippen molar-refractivity contribution < 1.29 is 4.42 Å². The predicted molar refractivity (Wildman–Crippen MR) is 67.6 cm³/mol. The van der Waals surface area contributed by atoms with E-state index in [1.54, 1.807) is 12.3 Å². The van der Waals surface area contributed by atoms with Crippen LogP contribution in [0.15, 0.2) is 39.7 Å². The summed E-state index contributed by atoms with van der Waals surface area (Å²) in [6, 6.07) is 7.47. The first-order valence-electron chi connectivity index (χ1n) is 6.01. The fraction of sp³-hybridized carbons (Fsp3) is 0.214. The van der Waals surface area contributed by atoms with Crippen LogP contribution in [0.3, 0.4) is 0 Å². The van der Waals surface area contributed by atoms with Crippen molar-refractivity contribution in [2.24, 2.45) is 0 Å². The summed E-state index contributed by atoms with van der Waals surface area (Å²) < 4.78 is 5.26. The van der Waals surface area contributed by atoms with E-state index < -0.39 is 0 Å². The second-order valence-corrected chi connectivity index (χ2v) is 4.65. The Hall–Kier alpha value is -2.23. The van der Waals surface area contributed by atoms with Gasteiger partial charge in [0.1, 0.15) is 16.8 Å². The molecule has 1 aliphatic rings. The third kappa shape index (κ3) is 1.35. The minimum atomic E-state index is -0.369. The zero-order valence-electron chi connectivity index (χ0n) is 9.59. The van der Waals surface area contributed by atoms with E-state index in [9.17, 15) is 4.79 Å². The van der Waals surface area contributed by atoms with Gasteiger partial charge in [-0.3, -0.25) is 0 Å². The first-order valence-corrected chi connectivity index (χ1v) is 6.01. The van der Waals surface area contributed by atoms with Crippen LogP contribution in [0.5, 0.6) is 0 Å². The summed E-state index contributed by atoms with van der Waals surface area (Å²) in [6.07, 6.45) is 3.88. The maximum absolute atomic E-state index is 11.8. The highest BCUT2D eigenvalue weighted by Crippen LogP contribution is 2.38. The van der Waals surface area contributed by atoms with Crippen LogP contribution in [0.4, 0.5) is 0 Å². The number of aromatic nitrogens is 2. The van der Waals surface area contributed by atoms with Crippen molar-refractivity contribution in [3.8, 4) is 0 Å². The number of nitrogens with zero attached hydrogens (tertiary/aromatic N) is 2. The zero-order valence-corrected chi connectivity index (χ0v) is 9.59. The van der Waals surface area contributed by atoms with Gasteiger partial charge in [0.25, 0.3) is 0 Å². The number of hydrogen-bond acceptors (Lipinski definition) is 4. The van der Waals surface area contributed by atoms with Gasteiger partial charge in [-0.1, -0.05) is 12.1 Å². The molecule has 1 saturated carbocycles. The topological polar surface area (TPSA) is 56.0 Å². The first-order chi connectivity index (χ1) is 8.83. The lowest BCUT2D eigenvalue weighted by Crippen LogP contribution is -2.04. The van der Waals surface area contributed by atoms with E-state index in [2.05, 4.69) is 9.97 Å². The summed E-state index contributed by atoms with van der Waals surface area (Å²) >= 11 is 0. The minimum absolute atomic E-state index is 0.369. The molecule has 1 aliphatic carbocycles. The normalized spacial score (nSPS) is 15.3. The maximum atomic E-state index is 11.8. The van der Waals surface area contributed by atoms with Gasteiger partial charge in [0, 0.05) is 17.5 Å². The highest BCUT2D eigenvalue weighted by molar-refractivity contribution is 6.01. The standard InChI is InChI=1S/C14H10N2O2/c17-14-10-7-15-13(8-5-6-8)16-12(10)9-3-1-2-4-11(9)18-14/h1-4,7-8H,5-6H2. The zero-order chi connectivity index (χ0) is 12.1. The van der Waals surface area contributed by atoms with Crippen LogP contribution in [0.1, 0.15) is 24.6 Å². The summed E-state index contributed by atoms with van der Waals surface area (Å²) in [7, 11) is 0. The summed E-state index contributed by atoms with van der Waals surface area (Å²) in [5, 5.41) is 1.33. The Kier molecular flexibility index (Phi) is 1.84. The van der Waals surface area contributed by atoms with Gasteiger partial charge in [0.2, 0.25) is 0 Å². The van der Waals surface area contributed by atoms with Gasteiger partial charge in [0.15, 0.2) is 0 Å². The molecule has 3 aromatic rings. The average Bonchev–Trinajstić information content (AvgIpc) is 3.23. The molecule has 0 atom stereocenters. The third-order valence-electron chi connectivity index (χ3n) is 3.31. The lowest BCUT2D eigenvalue weighted by Gasteiger charge is -2.02. The molecule has 0 unspecified atom stereocenters. The molecular weight excluding hydrogens is 228 g/mol. The molecule has 0 N–H and O–H groups in total. The summed E-state index contributed by atoms with van der Waals surface area (Å²) in [5.41, 5.74) is 0.917. The average molecular weight is 238 g/mol. The predicted octanol–water partition coefficient (Wildman–Crippen LogP) is 2.61. The van der Waals surface area contributed by atoms with Crippen molar-refractivity contribution in [3.05, 3.63) is 46.7 Å². The van der Waals surface area contributed by atoms with Crippen molar-refractivity contribution in [1.82, 2.24) is 9.97 Å². The Bertz CT molecular complexity index is 819. The van der Waals surface area contributed by atoms with Gasteiger partial charge in [-0.05, 0) is 25.0 Å². The lowest BCUT2D eigenvalue weighted by molar-refractivity contribution is 0.569. The third-order valence-corrected chi connectivity index (χ3v) is 3.31. The van der Waals surface area contributed by atoms with Gasteiger partial charge >= 0.3 is 5.63 Å². The fourth-order valence-electron chi connectivity index (χ4n) is 2.19. The number of rotatable bonds is 1. The van der Waals surface area contributed by atoms with E-state index in [1.807, 2.05) is 18.2 Å². The van der Waals surface area contributed by atoms with Crippen molar-refractivity contribution in [3.63, 3.8) is 0 Å². The van der Waals surface area contributed by atoms with Gasteiger partial charge in [0.05, 0.1) is 5.52 Å². The van der Waals surface area contributed by atoms with Crippen molar-refractivity contribution in [1.29, 1.82) is 0 Å². The molecule has 1 fully saturated rings. The molecule has 0 saturated heterocycles. The second-order valence-electron chi connectivity index (χ2n) is 4.65. The van der Waals surface area contributed by atoms with Crippen LogP contribution in [-0.2, 0) is 0 Å². The Balaban J connectivity index is 2.18. The number of hydrogen-bond donors (Lipinski definition) is 0. The summed E-state index contributed by atoms with van der Waals surface area (Å²) in [4.78, 5) is 20.7. The molecule has 4 rings (SSSR count). The molecule has 4 nitrogen and oxygen atoms in total. The molecule has 2 heterocycles. The molecule has 0 spiro atoms. The summed E-state index contributed by atoms with van der Waals surface area (Å²) in [6.45, 7) is 0. The fourth-order valence-corrected chi connectivity index (χ4v) is 2.19. The van der Waals surface area contributed by atoms with E-state index >= 15 is 0 Å². The molecule has 88 valence electrons. The van der Waals surface area contributed by atoms with Crippen LogP contribution < -0.4 is 5.63 Å². The Morgan fingerprint density at radius 2 is 2.00 bits per heavy atom. The Morgan fingerprint density at radius 1 is 1.17 bits per heavy atom. The van der Waals surface area contributed by atoms with Crippen LogP contribution in [0, 0.1) is 0 Å². The lowest BCUT2D eigenvalue weighted by atomic mass is 10.2. The van der Waals surface area contributed by atoms with Crippen molar-refractivity contribution in [2.75, 3.05) is 0 Å². The molecular formula is C14H10N2O2. The number of benzene rings is 1. The number of fused-ring (bicyclic) bond motifs is 3. The molecule has 1 aromatic carbocycles. The van der Waals surface area contributed by atoms with Crippen LogP contribution in [0.25, 0.3) is 21.9 Å². The first kappa shape index (κ1) is 9.76. The molecule has 2 aromatic heterocycles. The Morgan fingerprint density at radius 3 is 2.83 bits per heavy atom. The highest BCUT2D eigenvalue weighted by atomic mass is 16.4. The highest BCUT2D eigenvalue weighted by Gasteiger charge is 2.27. The SMILES string of the molecule is O=c1oc2ccccc2c2nc(C3CC3)ncc12. The molecule has 0 bridgehead atoms. The quantitative estimate of drug-likeness (QED) is 0.483. The van der Waals surface area contributed by atoms with Gasteiger partial charge in [-0.15, -0.1) is 0 Å². The van der Waals surface area contributed by atoms with Crippen LogP contribution in [-0.4, -0.2) is 9.97 Å². The maximum Gasteiger partial charge on any atom is 0.347 e. The smallest absolute Gasteiger partial charge is 0.347 e. The van der Waals surface area contributed by atoms with Gasteiger partial charge in [-0.25, -0.2) is 14.8 Å². The van der Waals surface area contributed by atoms with E-state index in [4.69, 9.17) is 4.42 Å². The van der Waals surface area contributed by atoms with Crippen LogP contribution in [0.2, 0.25) is 0 Å². The largest absolute Gasteiger partial charge is 0.422 e. The van der Waals surface area contributed by atoms with E-state index in [0.717, 1.165) is 24.1 Å². The van der Waals surface area contributed by atoms with E-state index in [-0.39, 0.29) is 5.63 Å². The van der Waals surface area contributed by atoms with Gasteiger partial charge in [-0.2, -0.15) is 0 Å². The molecule has 0 amide bonds. The monoisotopic (exact) mass is 238 g/mol. The van der Waals surface area contributed by atoms with E-state index in [1.165, 1.54) is 0 Å². The molecule has 4 heteroatoms. The summed E-state index contributed by atoms with van der Waals surface area (Å²) in [5.74, 6) is 1.32. The number of para-hydroxylation sites is 1. The molecule has 18 heavy (non-hydrogen) atoms. The van der Waals surface area contributed by atoms with Crippen molar-refractivity contribution in [2.45, 2.75) is 18.8 Å². The van der Waals surface area contributed by atoms with Crippen molar-refractivity contribution >= 4 is 21.9 Å².